The second-order valence-electron chi connectivity index (χ2n) is 7.37. The van der Waals surface area contributed by atoms with Crippen molar-refractivity contribution in [1.29, 1.82) is 0 Å². The monoisotopic (exact) mass is 436 g/mol. The number of nitrogens with one attached hydrogen (secondary N) is 1. The molecule has 3 aliphatic rings. The smallest absolute Gasteiger partial charge is 0.320 e. The van der Waals surface area contributed by atoms with Crippen LogP contribution in [0.15, 0.2) is 0 Å². The third-order valence-electron chi connectivity index (χ3n) is 5.84. The van der Waals surface area contributed by atoms with E-state index in [-0.39, 0.29) is 6.04 Å². The first-order chi connectivity index (χ1) is 10.9. The van der Waals surface area contributed by atoms with Gasteiger partial charge in [-0.15, -0.1) is 0 Å². The minimum atomic E-state index is -0.746. The Balaban J connectivity index is 1.57. The van der Waals surface area contributed by atoms with Crippen molar-refractivity contribution >= 4 is 34.5 Å². The minimum Gasteiger partial charge on any atom is -0.480 e. The molecule has 0 bridgehead atoms. The van der Waals surface area contributed by atoms with Gasteiger partial charge < -0.3 is 15.5 Å². The Kier molecular flexibility index (Phi) is 5.47. The molecule has 0 aromatic carbocycles. The molecule has 3 rings (SSSR count). The number of hydrogen-bond acceptors (Lipinski definition) is 4. The SMILES string of the molecule is O=C(O)C1CC2CC(CN3CC(I)CC3C(=O)O)CCC2CN1. The van der Waals surface area contributed by atoms with Crippen LogP contribution in [0, 0.1) is 17.8 Å². The zero-order valence-corrected chi connectivity index (χ0v) is 15.3. The number of aliphatic carboxylic acids is 2. The van der Waals surface area contributed by atoms with Crippen molar-refractivity contribution in [3.63, 3.8) is 0 Å². The molecule has 1 aliphatic carbocycles. The van der Waals surface area contributed by atoms with E-state index in [0.717, 1.165) is 45.3 Å². The average Bonchev–Trinajstić information content (AvgIpc) is 2.87. The van der Waals surface area contributed by atoms with E-state index >= 15 is 0 Å². The number of carbonyl (C=O) groups is 2. The molecule has 0 aromatic rings. The van der Waals surface area contributed by atoms with Crippen molar-refractivity contribution in [1.82, 2.24) is 10.2 Å². The first-order valence-electron chi connectivity index (χ1n) is 8.51. The summed E-state index contributed by atoms with van der Waals surface area (Å²) in [4.78, 5) is 24.8. The van der Waals surface area contributed by atoms with Gasteiger partial charge in [0.25, 0.3) is 0 Å². The van der Waals surface area contributed by atoms with Crippen LogP contribution in [0.3, 0.4) is 0 Å². The van der Waals surface area contributed by atoms with Crippen LogP contribution in [0.4, 0.5) is 0 Å². The normalized spacial score (nSPS) is 41.4. The second-order valence-corrected chi connectivity index (χ2v) is 9.14. The summed E-state index contributed by atoms with van der Waals surface area (Å²) >= 11 is 2.35. The van der Waals surface area contributed by atoms with Gasteiger partial charge in [0.2, 0.25) is 0 Å². The summed E-state index contributed by atoms with van der Waals surface area (Å²) < 4.78 is 0.417. The van der Waals surface area contributed by atoms with Gasteiger partial charge in [-0.3, -0.25) is 14.5 Å². The number of halogens is 1. The number of nitrogens with zero attached hydrogens (tertiary/aromatic N) is 1. The fourth-order valence-electron chi connectivity index (χ4n) is 4.65. The Hall–Kier alpha value is -0.410. The summed E-state index contributed by atoms with van der Waals surface area (Å²) in [7, 11) is 0. The lowest BCUT2D eigenvalue weighted by Gasteiger charge is -2.42. The van der Waals surface area contributed by atoms with Crippen molar-refractivity contribution in [3.05, 3.63) is 0 Å². The minimum absolute atomic E-state index is 0.339. The lowest BCUT2D eigenvalue weighted by Crippen LogP contribution is -2.50. The lowest BCUT2D eigenvalue weighted by atomic mass is 9.69. The quantitative estimate of drug-likeness (QED) is 0.457. The molecule has 23 heavy (non-hydrogen) atoms. The van der Waals surface area contributed by atoms with Crippen LogP contribution in [0.2, 0.25) is 0 Å². The van der Waals surface area contributed by atoms with Gasteiger partial charge in [0, 0.05) is 17.0 Å². The highest BCUT2D eigenvalue weighted by Gasteiger charge is 2.41. The Bertz CT molecular complexity index is 475. The predicted octanol–water partition coefficient (Wildman–Crippen LogP) is 1.43. The second kappa shape index (κ2) is 7.23. The molecule has 2 heterocycles. The molecule has 130 valence electrons. The molecule has 0 radical (unpaired) electrons. The number of carboxylic acid groups (broad SMARTS) is 2. The number of likely N-dealkylation sites (tertiary alicyclic amines) is 1. The third-order valence-corrected chi connectivity index (χ3v) is 6.74. The molecule has 2 saturated heterocycles. The zero-order chi connectivity index (χ0) is 16.6. The maximum atomic E-state index is 11.4. The van der Waals surface area contributed by atoms with E-state index in [1.165, 1.54) is 0 Å². The highest BCUT2D eigenvalue weighted by Crippen LogP contribution is 2.39. The molecule has 0 spiro atoms. The maximum absolute atomic E-state index is 11.4. The molecular weight excluding hydrogens is 411 g/mol. The summed E-state index contributed by atoms with van der Waals surface area (Å²) in [5.74, 6) is 0.118. The number of fused-ring (bicyclic) bond motifs is 1. The van der Waals surface area contributed by atoms with E-state index in [4.69, 9.17) is 0 Å². The van der Waals surface area contributed by atoms with E-state index in [0.29, 0.717) is 28.1 Å². The fourth-order valence-corrected chi connectivity index (χ4v) is 5.64. The summed E-state index contributed by atoms with van der Waals surface area (Å²) in [5, 5.41) is 21.8. The Labute approximate surface area is 150 Å². The van der Waals surface area contributed by atoms with Gasteiger partial charge in [-0.05, 0) is 56.4 Å². The highest BCUT2D eigenvalue weighted by atomic mass is 127. The van der Waals surface area contributed by atoms with Crippen LogP contribution < -0.4 is 5.32 Å². The number of alkyl halides is 1. The molecule has 6 nitrogen and oxygen atoms in total. The van der Waals surface area contributed by atoms with Crippen LogP contribution in [0.1, 0.15) is 32.1 Å². The summed E-state index contributed by atoms with van der Waals surface area (Å²) in [6.45, 7) is 2.53. The van der Waals surface area contributed by atoms with Gasteiger partial charge in [-0.1, -0.05) is 22.6 Å². The lowest BCUT2D eigenvalue weighted by molar-refractivity contribution is -0.143. The van der Waals surface area contributed by atoms with Crippen molar-refractivity contribution < 1.29 is 19.8 Å². The number of piperidine rings is 1. The summed E-state index contributed by atoms with van der Waals surface area (Å²) in [6.07, 6.45) is 4.77. The van der Waals surface area contributed by atoms with Crippen molar-refractivity contribution in [3.8, 4) is 0 Å². The molecule has 0 aromatic heterocycles. The number of rotatable bonds is 4. The van der Waals surface area contributed by atoms with Crippen molar-refractivity contribution in [2.75, 3.05) is 19.6 Å². The van der Waals surface area contributed by atoms with E-state index < -0.39 is 18.0 Å². The molecular formula is C16H25IN2O4. The van der Waals surface area contributed by atoms with Crippen LogP contribution in [0.25, 0.3) is 0 Å². The van der Waals surface area contributed by atoms with E-state index in [2.05, 4.69) is 32.8 Å². The van der Waals surface area contributed by atoms with Crippen LogP contribution in [-0.2, 0) is 9.59 Å². The molecule has 6 unspecified atom stereocenters. The first kappa shape index (κ1) is 17.4. The molecule has 6 atom stereocenters. The predicted molar refractivity (Wildman–Crippen MR) is 93.8 cm³/mol. The molecule has 7 heteroatoms. The summed E-state index contributed by atoms with van der Waals surface area (Å²) in [6, 6.07) is -0.748. The van der Waals surface area contributed by atoms with Gasteiger partial charge in [-0.25, -0.2) is 0 Å². The largest absolute Gasteiger partial charge is 0.480 e. The molecule has 3 N–H and O–H groups in total. The van der Waals surface area contributed by atoms with E-state index in [1.807, 2.05) is 0 Å². The highest BCUT2D eigenvalue weighted by molar-refractivity contribution is 14.1. The number of hydrogen-bond donors (Lipinski definition) is 3. The number of carboxylic acids is 2. The fraction of sp³-hybridized carbons (Fsp3) is 0.875. The van der Waals surface area contributed by atoms with Crippen LogP contribution >= 0.6 is 22.6 Å². The van der Waals surface area contributed by atoms with Gasteiger partial charge in [0.1, 0.15) is 12.1 Å². The maximum Gasteiger partial charge on any atom is 0.320 e. The van der Waals surface area contributed by atoms with Crippen molar-refractivity contribution in [2.24, 2.45) is 17.8 Å². The van der Waals surface area contributed by atoms with Crippen LogP contribution in [-0.4, -0.2) is 62.7 Å². The Morgan fingerprint density at radius 2 is 1.87 bits per heavy atom. The average molecular weight is 436 g/mol. The van der Waals surface area contributed by atoms with Gasteiger partial charge in [0.05, 0.1) is 0 Å². The Morgan fingerprint density at radius 3 is 2.57 bits per heavy atom. The molecule has 1 saturated carbocycles. The topological polar surface area (TPSA) is 89.9 Å². The zero-order valence-electron chi connectivity index (χ0n) is 13.2. The Morgan fingerprint density at radius 1 is 1.09 bits per heavy atom. The standard InChI is InChI=1S/C16H25IN2O4/c17-12-5-14(16(22)23)19(8-12)7-9-1-2-10-6-18-13(15(20)21)4-11(10)3-9/h9-14,18H,1-8H2,(H,20,21)(H,22,23). The molecule has 3 fully saturated rings. The van der Waals surface area contributed by atoms with Gasteiger partial charge in [0.15, 0.2) is 0 Å². The van der Waals surface area contributed by atoms with Crippen molar-refractivity contribution in [2.45, 2.75) is 48.1 Å². The third kappa shape index (κ3) is 3.99. The first-order valence-corrected chi connectivity index (χ1v) is 9.75. The van der Waals surface area contributed by atoms with Gasteiger partial charge in [-0.2, -0.15) is 0 Å². The molecule has 0 amide bonds. The summed E-state index contributed by atoms with van der Waals surface area (Å²) in [5.41, 5.74) is 0. The van der Waals surface area contributed by atoms with E-state index in [9.17, 15) is 19.8 Å². The van der Waals surface area contributed by atoms with E-state index in [1.54, 1.807) is 0 Å². The van der Waals surface area contributed by atoms with Crippen LogP contribution in [0.5, 0.6) is 0 Å². The molecule has 2 aliphatic heterocycles. The van der Waals surface area contributed by atoms with Gasteiger partial charge >= 0.3 is 11.9 Å².